The molecular formula is C9H17N3O2. The van der Waals surface area contributed by atoms with Crippen LogP contribution >= 0.6 is 0 Å². The molecule has 0 spiro atoms. The minimum Gasteiger partial charge on any atom is -0.447 e. The maximum atomic E-state index is 11.5. The molecule has 2 aliphatic rings. The second-order valence-corrected chi connectivity index (χ2v) is 3.98. The summed E-state index contributed by atoms with van der Waals surface area (Å²) in [6.45, 7) is 1.97. The molecule has 2 atom stereocenters. The van der Waals surface area contributed by atoms with Gasteiger partial charge in [0.15, 0.2) is 0 Å². The van der Waals surface area contributed by atoms with E-state index in [9.17, 15) is 4.79 Å². The van der Waals surface area contributed by atoms with Crippen molar-refractivity contribution in [2.24, 2.45) is 5.73 Å². The van der Waals surface area contributed by atoms with Gasteiger partial charge in [-0.15, -0.1) is 0 Å². The van der Waals surface area contributed by atoms with Crippen LogP contribution in [-0.2, 0) is 4.74 Å². The normalized spacial score (nSPS) is 33.9. The second kappa shape index (κ2) is 3.74. The Labute approximate surface area is 83.8 Å². The van der Waals surface area contributed by atoms with Crippen LogP contribution in [-0.4, -0.2) is 54.8 Å². The molecule has 14 heavy (non-hydrogen) atoms. The average Bonchev–Trinajstić information content (AvgIpc) is 2.72. The minimum atomic E-state index is -0.209. The van der Waals surface area contributed by atoms with Crippen LogP contribution in [0.15, 0.2) is 0 Å². The number of nitrogens with zero attached hydrogens (tertiary/aromatic N) is 2. The first kappa shape index (κ1) is 9.73. The van der Waals surface area contributed by atoms with E-state index in [-0.39, 0.29) is 18.3 Å². The predicted octanol–water partition coefficient (Wildman–Crippen LogP) is -0.182. The van der Waals surface area contributed by atoms with Crippen LogP contribution in [0, 0.1) is 0 Å². The summed E-state index contributed by atoms with van der Waals surface area (Å²) in [5, 5.41) is 0. The van der Waals surface area contributed by atoms with Gasteiger partial charge in [0.1, 0.15) is 6.61 Å². The molecule has 2 heterocycles. The molecule has 2 N–H and O–H groups in total. The lowest BCUT2D eigenvalue weighted by molar-refractivity contribution is 0.0975. The highest BCUT2D eigenvalue weighted by atomic mass is 16.6. The van der Waals surface area contributed by atoms with Gasteiger partial charge in [-0.1, -0.05) is 0 Å². The Balaban J connectivity index is 2.10. The fourth-order valence-corrected chi connectivity index (χ4v) is 2.26. The first-order chi connectivity index (χ1) is 6.74. The van der Waals surface area contributed by atoms with E-state index in [1.165, 1.54) is 0 Å². The summed E-state index contributed by atoms with van der Waals surface area (Å²) < 4.78 is 5.01. The number of ether oxygens (including phenoxy) is 1. The van der Waals surface area contributed by atoms with E-state index in [0.29, 0.717) is 13.2 Å². The number of carbonyl (C=O) groups excluding carboxylic acids is 1. The lowest BCUT2D eigenvalue weighted by atomic mass is 10.2. The topological polar surface area (TPSA) is 58.8 Å². The van der Waals surface area contributed by atoms with Crippen molar-refractivity contribution in [1.82, 2.24) is 9.80 Å². The Morgan fingerprint density at radius 3 is 3.00 bits per heavy atom. The molecule has 0 bridgehead atoms. The zero-order valence-corrected chi connectivity index (χ0v) is 8.48. The first-order valence-corrected chi connectivity index (χ1v) is 5.09. The molecule has 0 aliphatic carbocycles. The zero-order valence-electron chi connectivity index (χ0n) is 8.48. The lowest BCUT2D eigenvalue weighted by Crippen LogP contribution is -2.50. The zero-order chi connectivity index (χ0) is 10.1. The molecular weight excluding hydrogens is 182 g/mol. The summed E-state index contributed by atoms with van der Waals surface area (Å²) in [5.41, 5.74) is 5.61. The number of carbonyl (C=O) groups is 1. The molecule has 0 aromatic carbocycles. The van der Waals surface area contributed by atoms with E-state index >= 15 is 0 Å². The monoisotopic (exact) mass is 199 g/mol. The largest absolute Gasteiger partial charge is 0.447 e. The summed E-state index contributed by atoms with van der Waals surface area (Å²) in [7, 11) is 2.04. The van der Waals surface area contributed by atoms with Crippen LogP contribution in [0.1, 0.15) is 12.8 Å². The SMILES string of the molecule is CN1CCCC1N1C(=O)OCC1CN. The van der Waals surface area contributed by atoms with Crippen molar-refractivity contribution in [2.75, 3.05) is 26.7 Å². The summed E-state index contributed by atoms with van der Waals surface area (Å²) >= 11 is 0. The summed E-state index contributed by atoms with van der Waals surface area (Å²) in [6, 6.07) is 0.0630. The van der Waals surface area contributed by atoms with Crippen molar-refractivity contribution in [1.29, 1.82) is 0 Å². The third-order valence-corrected chi connectivity index (χ3v) is 3.08. The number of rotatable bonds is 2. The second-order valence-electron chi connectivity index (χ2n) is 3.98. The smallest absolute Gasteiger partial charge is 0.411 e. The number of hydrogen-bond acceptors (Lipinski definition) is 4. The molecule has 2 saturated heterocycles. The summed E-state index contributed by atoms with van der Waals surface area (Å²) in [4.78, 5) is 15.5. The van der Waals surface area contributed by atoms with Crippen molar-refractivity contribution in [3.8, 4) is 0 Å². The molecule has 2 rings (SSSR count). The molecule has 2 aliphatic heterocycles. The molecule has 5 nitrogen and oxygen atoms in total. The van der Waals surface area contributed by atoms with Crippen LogP contribution < -0.4 is 5.73 Å². The van der Waals surface area contributed by atoms with E-state index in [1.807, 2.05) is 7.05 Å². The van der Waals surface area contributed by atoms with Gasteiger partial charge in [0.05, 0.1) is 12.2 Å². The molecule has 0 aromatic rings. The first-order valence-electron chi connectivity index (χ1n) is 5.09. The van der Waals surface area contributed by atoms with Crippen LogP contribution in [0.2, 0.25) is 0 Å². The Kier molecular flexibility index (Phi) is 2.60. The molecule has 0 saturated carbocycles. The van der Waals surface area contributed by atoms with Gasteiger partial charge in [-0.05, 0) is 26.4 Å². The molecule has 0 aromatic heterocycles. The van der Waals surface area contributed by atoms with Crippen molar-refractivity contribution in [2.45, 2.75) is 25.0 Å². The molecule has 80 valence electrons. The highest BCUT2D eigenvalue weighted by Gasteiger charge is 2.40. The fourth-order valence-electron chi connectivity index (χ4n) is 2.26. The van der Waals surface area contributed by atoms with Crippen LogP contribution in [0.3, 0.4) is 0 Å². The molecule has 5 heteroatoms. The van der Waals surface area contributed by atoms with Crippen LogP contribution in [0.5, 0.6) is 0 Å². The van der Waals surface area contributed by atoms with E-state index in [4.69, 9.17) is 10.5 Å². The van der Waals surface area contributed by atoms with E-state index in [2.05, 4.69) is 4.90 Å². The van der Waals surface area contributed by atoms with E-state index in [1.54, 1.807) is 4.90 Å². The summed E-state index contributed by atoms with van der Waals surface area (Å²) in [5.74, 6) is 0. The Hall–Kier alpha value is -0.810. The van der Waals surface area contributed by atoms with Crippen molar-refractivity contribution < 1.29 is 9.53 Å². The van der Waals surface area contributed by atoms with E-state index in [0.717, 1.165) is 19.4 Å². The summed E-state index contributed by atoms with van der Waals surface area (Å²) in [6.07, 6.45) is 2.15. The fraction of sp³-hybridized carbons (Fsp3) is 0.889. The van der Waals surface area contributed by atoms with Gasteiger partial charge in [0.2, 0.25) is 0 Å². The highest BCUT2D eigenvalue weighted by Crippen LogP contribution is 2.24. The van der Waals surface area contributed by atoms with Gasteiger partial charge in [0, 0.05) is 6.54 Å². The van der Waals surface area contributed by atoms with Crippen LogP contribution in [0.25, 0.3) is 0 Å². The molecule has 0 radical (unpaired) electrons. The highest BCUT2D eigenvalue weighted by molar-refractivity contribution is 5.70. The number of nitrogens with two attached hydrogens (primary N) is 1. The molecule has 2 fully saturated rings. The number of likely N-dealkylation sites (tertiary alicyclic amines) is 1. The Morgan fingerprint density at radius 2 is 2.43 bits per heavy atom. The van der Waals surface area contributed by atoms with Crippen molar-refractivity contribution in [3.05, 3.63) is 0 Å². The maximum absolute atomic E-state index is 11.5. The average molecular weight is 199 g/mol. The van der Waals surface area contributed by atoms with Crippen LogP contribution in [0.4, 0.5) is 4.79 Å². The van der Waals surface area contributed by atoms with Crippen molar-refractivity contribution >= 4 is 6.09 Å². The van der Waals surface area contributed by atoms with Gasteiger partial charge in [-0.25, -0.2) is 4.79 Å². The maximum Gasteiger partial charge on any atom is 0.411 e. The van der Waals surface area contributed by atoms with Gasteiger partial charge in [0.25, 0.3) is 0 Å². The molecule has 2 unspecified atom stereocenters. The number of amides is 1. The molecule has 1 amide bonds. The lowest BCUT2D eigenvalue weighted by Gasteiger charge is -2.31. The third-order valence-electron chi connectivity index (χ3n) is 3.08. The minimum absolute atomic E-state index is 0.0630. The van der Waals surface area contributed by atoms with Gasteiger partial charge < -0.3 is 10.5 Å². The van der Waals surface area contributed by atoms with Crippen molar-refractivity contribution in [3.63, 3.8) is 0 Å². The quantitative estimate of drug-likeness (QED) is 0.670. The van der Waals surface area contributed by atoms with Gasteiger partial charge in [-0.2, -0.15) is 0 Å². The standard InChI is InChI=1S/C9H17N3O2/c1-11-4-2-3-8(11)12-7(5-10)6-14-9(12)13/h7-8H,2-6,10H2,1H3. The Bertz CT molecular complexity index is 234. The van der Waals surface area contributed by atoms with Gasteiger partial charge >= 0.3 is 6.09 Å². The number of cyclic esters (lactones) is 1. The predicted molar refractivity (Wildman–Crippen MR) is 51.7 cm³/mol. The van der Waals surface area contributed by atoms with E-state index < -0.39 is 0 Å². The van der Waals surface area contributed by atoms with Gasteiger partial charge in [-0.3, -0.25) is 9.80 Å². The number of hydrogen-bond donors (Lipinski definition) is 1. The third kappa shape index (κ3) is 1.46. The Morgan fingerprint density at radius 1 is 1.64 bits per heavy atom.